The zero-order valence-electron chi connectivity index (χ0n) is 17.7. The molecule has 0 fully saturated rings. The number of nitrogens with one attached hydrogen (secondary N) is 1. The molecule has 0 aliphatic heterocycles. The Labute approximate surface area is 174 Å². The Morgan fingerprint density at radius 2 is 1.55 bits per heavy atom. The van der Waals surface area contributed by atoms with Crippen molar-refractivity contribution in [2.24, 2.45) is 0 Å². The van der Waals surface area contributed by atoms with E-state index in [1.807, 2.05) is 36.4 Å². The minimum absolute atomic E-state index is 0.0463. The van der Waals surface area contributed by atoms with Crippen LogP contribution in [0.2, 0.25) is 0 Å². The second-order valence-electron chi connectivity index (χ2n) is 7.40. The Morgan fingerprint density at radius 3 is 2.17 bits per heavy atom. The second-order valence-corrected chi connectivity index (χ2v) is 7.40. The first-order valence-corrected chi connectivity index (χ1v) is 10.3. The summed E-state index contributed by atoms with van der Waals surface area (Å²) >= 11 is 0. The number of carbonyl (C=O) groups excluding carboxylic acids is 2. The molecule has 156 valence electrons. The lowest BCUT2D eigenvalue weighted by molar-refractivity contribution is -0.127. The van der Waals surface area contributed by atoms with Crippen molar-refractivity contribution in [2.75, 3.05) is 26.0 Å². The highest BCUT2D eigenvalue weighted by Gasteiger charge is 2.08. The van der Waals surface area contributed by atoms with Gasteiger partial charge in [0.2, 0.25) is 5.91 Å². The Bertz CT molecular complexity index is 768. The van der Waals surface area contributed by atoms with E-state index in [2.05, 4.69) is 12.2 Å². The minimum Gasteiger partial charge on any atom is -0.494 e. The Hall–Kier alpha value is -2.82. The number of benzene rings is 2. The van der Waals surface area contributed by atoms with E-state index in [-0.39, 0.29) is 11.8 Å². The molecule has 2 rings (SSSR count). The third kappa shape index (κ3) is 7.98. The van der Waals surface area contributed by atoms with Crippen LogP contribution in [0.1, 0.15) is 54.9 Å². The van der Waals surface area contributed by atoms with E-state index in [1.54, 1.807) is 31.1 Å². The molecule has 29 heavy (non-hydrogen) atoms. The Balaban J connectivity index is 1.80. The van der Waals surface area contributed by atoms with Crippen molar-refractivity contribution in [3.8, 4) is 5.75 Å². The number of likely N-dealkylation sites (N-methyl/N-ethyl adjacent to an activating group) is 1. The van der Waals surface area contributed by atoms with Gasteiger partial charge in [0.1, 0.15) is 5.75 Å². The summed E-state index contributed by atoms with van der Waals surface area (Å²) < 4.78 is 5.74. The van der Waals surface area contributed by atoms with Crippen molar-refractivity contribution in [2.45, 2.75) is 45.4 Å². The standard InChI is InChI=1S/C24H32N2O3/c1-4-5-6-7-8-17-29-22-15-11-20(12-16-22)24(28)25-21-13-9-19(10-14-21)18-23(27)26(2)3/h9-16H,4-8,17-18H2,1-3H3,(H,25,28). The summed E-state index contributed by atoms with van der Waals surface area (Å²) in [6.07, 6.45) is 6.37. The van der Waals surface area contributed by atoms with Crippen molar-refractivity contribution in [3.05, 3.63) is 59.7 Å². The Morgan fingerprint density at radius 1 is 0.897 bits per heavy atom. The first-order valence-electron chi connectivity index (χ1n) is 10.3. The number of nitrogens with zero attached hydrogens (tertiary/aromatic N) is 1. The van der Waals surface area contributed by atoms with Crippen LogP contribution < -0.4 is 10.1 Å². The second kappa shape index (κ2) is 11.9. The molecule has 0 aliphatic carbocycles. The van der Waals surface area contributed by atoms with Crippen LogP contribution >= 0.6 is 0 Å². The van der Waals surface area contributed by atoms with Gasteiger partial charge in [0.05, 0.1) is 13.0 Å². The molecule has 0 atom stereocenters. The molecule has 0 saturated heterocycles. The molecule has 0 radical (unpaired) electrons. The third-order valence-electron chi connectivity index (χ3n) is 4.70. The van der Waals surface area contributed by atoms with Crippen molar-refractivity contribution >= 4 is 17.5 Å². The van der Waals surface area contributed by atoms with Gasteiger partial charge in [0, 0.05) is 25.3 Å². The van der Waals surface area contributed by atoms with Crippen LogP contribution in [0.4, 0.5) is 5.69 Å². The van der Waals surface area contributed by atoms with Gasteiger partial charge in [-0.05, 0) is 48.4 Å². The summed E-state index contributed by atoms with van der Waals surface area (Å²) in [5.74, 6) is 0.658. The number of carbonyl (C=O) groups is 2. The van der Waals surface area contributed by atoms with Gasteiger partial charge in [-0.2, -0.15) is 0 Å². The van der Waals surface area contributed by atoms with Crippen molar-refractivity contribution in [3.63, 3.8) is 0 Å². The number of rotatable bonds is 11. The summed E-state index contributed by atoms with van der Waals surface area (Å²) in [6, 6.07) is 14.5. The molecular formula is C24H32N2O3. The van der Waals surface area contributed by atoms with Crippen molar-refractivity contribution in [1.29, 1.82) is 0 Å². The van der Waals surface area contributed by atoms with Gasteiger partial charge in [0.25, 0.3) is 5.91 Å². The van der Waals surface area contributed by atoms with Gasteiger partial charge < -0.3 is 15.0 Å². The van der Waals surface area contributed by atoms with E-state index < -0.39 is 0 Å². The zero-order chi connectivity index (χ0) is 21.1. The van der Waals surface area contributed by atoms with Gasteiger partial charge in [-0.3, -0.25) is 9.59 Å². The highest BCUT2D eigenvalue weighted by Crippen LogP contribution is 2.16. The van der Waals surface area contributed by atoms with Crippen LogP contribution in [0.5, 0.6) is 5.75 Å². The molecule has 2 aromatic carbocycles. The van der Waals surface area contributed by atoms with Crippen LogP contribution in [-0.4, -0.2) is 37.4 Å². The van der Waals surface area contributed by atoms with Crippen LogP contribution in [0, 0.1) is 0 Å². The molecule has 1 N–H and O–H groups in total. The first-order chi connectivity index (χ1) is 14.0. The average molecular weight is 397 g/mol. The molecule has 2 aromatic rings. The Kier molecular flexibility index (Phi) is 9.22. The number of ether oxygens (including phenoxy) is 1. The molecule has 0 bridgehead atoms. The first kappa shape index (κ1) is 22.5. The summed E-state index contributed by atoms with van der Waals surface area (Å²) in [7, 11) is 3.47. The average Bonchev–Trinajstić information content (AvgIpc) is 2.72. The van der Waals surface area contributed by atoms with Crippen LogP contribution in [0.3, 0.4) is 0 Å². The number of hydrogen-bond donors (Lipinski definition) is 1. The van der Waals surface area contributed by atoms with Crippen LogP contribution in [0.25, 0.3) is 0 Å². The lowest BCUT2D eigenvalue weighted by atomic mass is 10.1. The van der Waals surface area contributed by atoms with E-state index in [0.717, 1.165) is 17.7 Å². The largest absolute Gasteiger partial charge is 0.494 e. The summed E-state index contributed by atoms with van der Waals surface area (Å²) in [5, 5.41) is 2.88. The molecule has 0 aromatic heterocycles. The van der Waals surface area contributed by atoms with E-state index in [4.69, 9.17) is 4.74 Å². The lowest BCUT2D eigenvalue weighted by Crippen LogP contribution is -2.23. The number of anilines is 1. The van der Waals surface area contributed by atoms with Gasteiger partial charge in [-0.15, -0.1) is 0 Å². The molecule has 0 aliphatic rings. The molecular weight excluding hydrogens is 364 g/mol. The minimum atomic E-state index is -0.173. The van der Waals surface area contributed by atoms with Crippen molar-refractivity contribution < 1.29 is 14.3 Å². The smallest absolute Gasteiger partial charge is 0.255 e. The highest BCUT2D eigenvalue weighted by atomic mass is 16.5. The fourth-order valence-electron chi connectivity index (χ4n) is 2.84. The number of hydrogen-bond acceptors (Lipinski definition) is 3. The number of amides is 2. The molecule has 2 amide bonds. The van der Waals surface area contributed by atoms with Gasteiger partial charge >= 0.3 is 0 Å². The normalized spacial score (nSPS) is 10.4. The van der Waals surface area contributed by atoms with Crippen LogP contribution in [0.15, 0.2) is 48.5 Å². The molecule has 5 heteroatoms. The molecule has 0 spiro atoms. The maximum Gasteiger partial charge on any atom is 0.255 e. The van der Waals surface area contributed by atoms with E-state index in [1.165, 1.54) is 25.7 Å². The summed E-state index contributed by atoms with van der Waals surface area (Å²) in [6.45, 7) is 2.91. The summed E-state index contributed by atoms with van der Waals surface area (Å²) in [4.78, 5) is 25.7. The third-order valence-corrected chi connectivity index (χ3v) is 4.70. The van der Waals surface area contributed by atoms with Crippen LogP contribution in [-0.2, 0) is 11.2 Å². The fraction of sp³-hybridized carbons (Fsp3) is 0.417. The maximum absolute atomic E-state index is 12.4. The lowest BCUT2D eigenvalue weighted by Gasteiger charge is -2.11. The zero-order valence-corrected chi connectivity index (χ0v) is 17.7. The van der Waals surface area contributed by atoms with Gasteiger partial charge in [0.15, 0.2) is 0 Å². The molecule has 0 heterocycles. The predicted octanol–water partition coefficient (Wildman–Crippen LogP) is 4.92. The molecule has 5 nitrogen and oxygen atoms in total. The van der Waals surface area contributed by atoms with Gasteiger partial charge in [-0.25, -0.2) is 0 Å². The monoisotopic (exact) mass is 396 g/mol. The fourth-order valence-corrected chi connectivity index (χ4v) is 2.84. The molecule has 0 saturated carbocycles. The van der Waals surface area contributed by atoms with E-state index >= 15 is 0 Å². The summed E-state index contributed by atoms with van der Waals surface area (Å²) in [5.41, 5.74) is 2.19. The predicted molar refractivity (Wildman–Crippen MR) is 117 cm³/mol. The van der Waals surface area contributed by atoms with E-state index in [0.29, 0.717) is 24.3 Å². The number of unbranched alkanes of at least 4 members (excludes halogenated alkanes) is 4. The van der Waals surface area contributed by atoms with E-state index in [9.17, 15) is 9.59 Å². The quantitative estimate of drug-likeness (QED) is 0.549. The van der Waals surface area contributed by atoms with Gasteiger partial charge in [-0.1, -0.05) is 44.7 Å². The van der Waals surface area contributed by atoms with Crippen molar-refractivity contribution in [1.82, 2.24) is 4.90 Å². The highest BCUT2D eigenvalue weighted by molar-refractivity contribution is 6.04. The maximum atomic E-state index is 12.4. The topological polar surface area (TPSA) is 58.6 Å². The molecule has 0 unspecified atom stereocenters. The SMILES string of the molecule is CCCCCCCOc1ccc(C(=O)Nc2ccc(CC(=O)N(C)C)cc2)cc1.